The lowest BCUT2D eigenvalue weighted by Crippen LogP contribution is -2.35. The predicted molar refractivity (Wildman–Crippen MR) is 76.2 cm³/mol. The molecule has 0 aromatic heterocycles. The van der Waals surface area contributed by atoms with Crippen molar-refractivity contribution in [2.24, 2.45) is 11.8 Å². The summed E-state index contributed by atoms with van der Waals surface area (Å²) in [5.41, 5.74) is -0.353. The third-order valence-electron chi connectivity index (χ3n) is 4.08. The third kappa shape index (κ3) is 3.92. The highest BCUT2D eigenvalue weighted by Crippen LogP contribution is 2.29. The van der Waals surface area contributed by atoms with E-state index in [9.17, 15) is 18.7 Å². The van der Waals surface area contributed by atoms with Gasteiger partial charge in [-0.15, -0.1) is 0 Å². The molecule has 2 rings (SSSR count). The number of carbonyl (C=O) groups excluding carboxylic acids is 1. The van der Waals surface area contributed by atoms with Crippen LogP contribution in [-0.4, -0.2) is 24.2 Å². The van der Waals surface area contributed by atoms with Crippen molar-refractivity contribution < 1.29 is 18.7 Å². The zero-order valence-corrected chi connectivity index (χ0v) is 12.3. The van der Waals surface area contributed by atoms with Crippen molar-refractivity contribution in [2.75, 3.05) is 13.2 Å². The molecular weight excluding hydrogens is 300 g/mol. The van der Waals surface area contributed by atoms with Gasteiger partial charge in [-0.05, 0) is 36.8 Å². The van der Waals surface area contributed by atoms with E-state index in [1.165, 1.54) is 0 Å². The summed E-state index contributed by atoms with van der Waals surface area (Å²) in [4.78, 5) is 11.9. The van der Waals surface area contributed by atoms with E-state index < -0.39 is 17.5 Å². The minimum absolute atomic E-state index is 0.0878. The lowest BCUT2D eigenvalue weighted by atomic mass is 9.79. The smallest absolute Gasteiger partial charge is 0.254 e. The Balaban J connectivity index is 2.00. The van der Waals surface area contributed by atoms with Crippen LogP contribution in [0.4, 0.5) is 8.78 Å². The van der Waals surface area contributed by atoms with E-state index in [2.05, 4.69) is 5.32 Å². The molecule has 0 heterocycles. The van der Waals surface area contributed by atoms with E-state index in [1.54, 1.807) is 0 Å². The van der Waals surface area contributed by atoms with Crippen LogP contribution in [0.25, 0.3) is 0 Å². The maximum absolute atomic E-state index is 13.6. The molecule has 0 bridgehead atoms. The molecule has 2 N–H and O–H groups in total. The van der Waals surface area contributed by atoms with Crippen molar-refractivity contribution >= 4 is 17.5 Å². The van der Waals surface area contributed by atoms with Crippen LogP contribution in [0.3, 0.4) is 0 Å². The molecule has 1 aliphatic rings. The van der Waals surface area contributed by atoms with Crippen LogP contribution in [0.1, 0.15) is 36.0 Å². The molecule has 1 aromatic carbocycles. The number of nitrogens with one attached hydrogen (secondary N) is 1. The zero-order valence-electron chi connectivity index (χ0n) is 11.5. The Bertz CT molecular complexity index is 525. The molecule has 2 unspecified atom stereocenters. The van der Waals surface area contributed by atoms with Crippen molar-refractivity contribution in [3.63, 3.8) is 0 Å². The zero-order chi connectivity index (χ0) is 15.4. The summed E-state index contributed by atoms with van der Waals surface area (Å²) < 4.78 is 27.0. The molecule has 116 valence electrons. The number of hydrogen-bond donors (Lipinski definition) is 2. The average Bonchev–Trinajstić information content (AvgIpc) is 2.48. The van der Waals surface area contributed by atoms with E-state index in [0.29, 0.717) is 6.54 Å². The first-order chi connectivity index (χ1) is 10.0. The first-order valence-electron chi connectivity index (χ1n) is 7.06. The molecule has 6 heteroatoms. The number of amides is 1. The van der Waals surface area contributed by atoms with Gasteiger partial charge in [0.2, 0.25) is 0 Å². The second-order valence-electron chi connectivity index (χ2n) is 5.44. The standard InChI is InChI=1S/C15H18ClF2NO2/c16-12-6-13(17)11(5-14(12)18)15(21)19-7-9-3-1-2-4-10(9)8-20/h5-6,9-10,20H,1-4,7-8H2,(H,19,21). The SMILES string of the molecule is O=C(NCC1CCCCC1CO)c1cc(F)c(Cl)cc1F. The Morgan fingerprint density at radius 2 is 1.90 bits per heavy atom. The number of benzene rings is 1. The normalized spacial score (nSPS) is 22.1. The molecule has 2 atom stereocenters. The van der Waals surface area contributed by atoms with Crippen molar-refractivity contribution in [2.45, 2.75) is 25.7 Å². The van der Waals surface area contributed by atoms with Gasteiger partial charge in [0.15, 0.2) is 0 Å². The molecule has 1 aromatic rings. The van der Waals surface area contributed by atoms with Gasteiger partial charge in [0.25, 0.3) is 5.91 Å². The summed E-state index contributed by atoms with van der Waals surface area (Å²) >= 11 is 5.45. The molecule has 21 heavy (non-hydrogen) atoms. The largest absolute Gasteiger partial charge is 0.396 e. The van der Waals surface area contributed by atoms with E-state index in [-0.39, 0.29) is 29.0 Å². The monoisotopic (exact) mass is 317 g/mol. The highest BCUT2D eigenvalue weighted by Gasteiger charge is 2.25. The minimum Gasteiger partial charge on any atom is -0.396 e. The van der Waals surface area contributed by atoms with E-state index in [0.717, 1.165) is 37.8 Å². The number of hydrogen-bond acceptors (Lipinski definition) is 2. The Kier molecular flexibility index (Phi) is 5.53. The molecule has 0 saturated heterocycles. The van der Waals surface area contributed by atoms with Gasteiger partial charge < -0.3 is 10.4 Å². The molecular formula is C15H18ClF2NO2. The quantitative estimate of drug-likeness (QED) is 0.838. The molecule has 0 spiro atoms. The van der Waals surface area contributed by atoms with Gasteiger partial charge in [-0.3, -0.25) is 4.79 Å². The second-order valence-corrected chi connectivity index (χ2v) is 5.85. The topological polar surface area (TPSA) is 49.3 Å². The Morgan fingerprint density at radius 1 is 1.24 bits per heavy atom. The number of carbonyl (C=O) groups is 1. The van der Waals surface area contributed by atoms with Gasteiger partial charge >= 0.3 is 0 Å². The number of rotatable bonds is 4. The summed E-state index contributed by atoms with van der Waals surface area (Å²) in [5, 5.41) is 11.6. The highest BCUT2D eigenvalue weighted by atomic mass is 35.5. The molecule has 1 saturated carbocycles. The molecule has 1 amide bonds. The van der Waals surface area contributed by atoms with Crippen LogP contribution >= 0.6 is 11.6 Å². The lowest BCUT2D eigenvalue weighted by Gasteiger charge is -2.30. The van der Waals surface area contributed by atoms with E-state index in [1.807, 2.05) is 0 Å². The second kappa shape index (κ2) is 7.18. The fourth-order valence-corrected chi connectivity index (χ4v) is 2.96. The lowest BCUT2D eigenvalue weighted by molar-refractivity contribution is 0.0905. The fourth-order valence-electron chi connectivity index (χ4n) is 2.81. The number of halogens is 3. The Labute approximate surface area is 127 Å². The van der Waals surface area contributed by atoms with Crippen LogP contribution in [0.15, 0.2) is 12.1 Å². The molecule has 3 nitrogen and oxygen atoms in total. The van der Waals surface area contributed by atoms with Crippen molar-refractivity contribution in [1.29, 1.82) is 0 Å². The van der Waals surface area contributed by atoms with Crippen molar-refractivity contribution in [3.05, 3.63) is 34.4 Å². The number of aliphatic hydroxyl groups excluding tert-OH is 1. The first kappa shape index (κ1) is 16.2. The maximum atomic E-state index is 13.6. The van der Waals surface area contributed by atoms with Crippen LogP contribution in [-0.2, 0) is 0 Å². The fraction of sp³-hybridized carbons (Fsp3) is 0.533. The molecule has 1 fully saturated rings. The van der Waals surface area contributed by atoms with Gasteiger partial charge in [-0.1, -0.05) is 24.4 Å². The van der Waals surface area contributed by atoms with Crippen molar-refractivity contribution in [1.82, 2.24) is 5.32 Å². The Morgan fingerprint density at radius 3 is 2.57 bits per heavy atom. The summed E-state index contributed by atoms with van der Waals surface area (Å²) in [6.45, 7) is 0.443. The van der Waals surface area contributed by atoms with Crippen LogP contribution < -0.4 is 5.32 Å². The van der Waals surface area contributed by atoms with Gasteiger partial charge in [0.05, 0.1) is 10.6 Å². The summed E-state index contributed by atoms with van der Waals surface area (Å²) in [6.07, 6.45) is 3.98. The third-order valence-corrected chi connectivity index (χ3v) is 4.37. The highest BCUT2D eigenvalue weighted by molar-refractivity contribution is 6.30. The summed E-state index contributed by atoms with van der Waals surface area (Å²) in [6, 6.07) is 1.60. The van der Waals surface area contributed by atoms with Crippen LogP contribution in [0, 0.1) is 23.5 Å². The average molecular weight is 318 g/mol. The van der Waals surface area contributed by atoms with Gasteiger partial charge in [0.1, 0.15) is 11.6 Å². The van der Waals surface area contributed by atoms with Crippen LogP contribution in [0.2, 0.25) is 5.02 Å². The van der Waals surface area contributed by atoms with Crippen LogP contribution in [0.5, 0.6) is 0 Å². The first-order valence-corrected chi connectivity index (χ1v) is 7.44. The maximum Gasteiger partial charge on any atom is 0.254 e. The molecule has 1 aliphatic carbocycles. The van der Waals surface area contributed by atoms with Crippen molar-refractivity contribution in [3.8, 4) is 0 Å². The van der Waals surface area contributed by atoms with Gasteiger partial charge in [-0.2, -0.15) is 0 Å². The van der Waals surface area contributed by atoms with E-state index >= 15 is 0 Å². The molecule has 0 aliphatic heterocycles. The number of aliphatic hydroxyl groups is 1. The minimum atomic E-state index is -0.846. The summed E-state index contributed by atoms with van der Waals surface area (Å²) in [7, 11) is 0. The van der Waals surface area contributed by atoms with E-state index in [4.69, 9.17) is 11.6 Å². The van der Waals surface area contributed by atoms with Gasteiger partial charge in [-0.25, -0.2) is 8.78 Å². The summed E-state index contributed by atoms with van der Waals surface area (Å²) in [5.74, 6) is -2.00. The Hall–Kier alpha value is -1.20. The van der Waals surface area contributed by atoms with Gasteiger partial charge in [0, 0.05) is 13.2 Å². The molecule has 0 radical (unpaired) electrons. The predicted octanol–water partition coefficient (Wildman–Crippen LogP) is 3.15.